The highest BCUT2D eigenvalue weighted by molar-refractivity contribution is 5.64. The monoisotopic (exact) mass is 622 g/mol. The molecule has 4 aromatic carbocycles. The summed E-state index contributed by atoms with van der Waals surface area (Å²) >= 11 is 0. The van der Waals surface area contributed by atoms with Gasteiger partial charge in [-0.15, -0.1) is 0 Å². The van der Waals surface area contributed by atoms with Crippen molar-refractivity contribution in [2.45, 2.75) is 37.8 Å². The van der Waals surface area contributed by atoms with Crippen molar-refractivity contribution in [3.8, 4) is 51.7 Å². The quantitative estimate of drug-likeness (QED) is 0.267. The molecule has 0 spiro atoms. The molecule has 6 heterocycles. The molecule has 1 N–H and O–H groups in total. The van der Waals surface area contributed by atoms with Crippen LogP contribution in [0.25, 0.3) is 0 Å². The normalized spacial score (nSPS) is 20.2. The van der Waals surface area contributed by atoms with Crippen LogP contribution in [0.4, 0.5) is 0 Å². The van der Waals surface area contributed by atoms with Gasteiger partial charge in [0.2, 0.25) is 18.3 Å². The van der Waals surface area contributed by atoms with Gasteiger partial charge in [-0.2, -0.15) is 0 Å². The molecule has 0 radical (unpaired) electrons. The summed E-state index contributed by atoms with van der Waals surface area (Å²) in [7, 11) is 7.51. The van der Waals surface area contributed by atoms with E-state index in [1.807, 2.05) is 30.3 Å². The number of hydrogen-bond donors (Lipinski definition) is 1. The van der Waals surface area contributed by atoms with Gasteiger partial charge in [0.15, 0.2) is 34.5 Å². The molecule has 4 aromatic rings. The first-order valence-electron chi connectivity index (χ1n) is 15.8. The highest BCUT2D eigenvalue weighted by Crippen LogP contribution is 2.53. The van der Waals surface area contributed by atoms with E-state index >= 15 is 0 Å². The Bertz CT molecular complexity index is 1820. The van der Waals surface area contributed by atoms with Crippen LogP contribution >= 0.6 is 0 Å². The van der Waals surface area contributed by atoms with Gasteiger partial charge in [-0.05, 0) is 98.4 Å². The van der Waals surface area contributed by atoms with Crippen molar-refractivity contribution < 1.29 is 33.5 Å². The molecule has 0 fully saturated rings. The van der Waals surface area contributed by atoms with E-state index in [2.05, 4.69) is 48.2 Å². The topological polar surface area (TPSA) is 82.1 Å². The summed E-state index contributed by atoms with van der Waals surface area (Å²) in [5.74, 6) is 4.55. The van der Waals surface area contributed by atoms with Gasteiger partial charge in [-0.3, -0.25) is 9.80 Å². The lowest BCUT2D eigenvalue weighted by Gasteiger charge is -2.37. The fraction of sp³-hybridized carbons (Fsp3) is 0.351. The van der Waals surface area contributed by atoms with Crippen molar-refractivity contribution in [1.29, 1.82) is 0 Å². The van der Waals surface area contributed by atoms with E-state index in [4.69, 9.17) is 28.4 Å². The van der Waals surface area contributed by atoms with Crippen molar-refractivity contribution in [3.05, 3.63) is 88.0 Å². The number of benzene rings is 4. The number of likely N-dealkylation sites (N-methyl/N-ethyl adjacent to an activating group) is 2. The molecule has 0 unspecified atom stereocenters. The standard InChI is InChI=1S/C37H38N2O7/c1-38-13-11-22-17-30(41-3)31-19-26(22)27(38)15-21-5-8-25(9-6-21)45-29-10-7-24(35-36(29)44-20-43-35)16-28-33-23(12-14-39(28)2)18-32(42-4)34(40)37(33)46-31/h5-10,17-19,27-28,40H,11-16,20H2,1-4H3/t27-,28-/m1/s1. The third kappa shape index (κ3) is 4.77. The lowest BCUT2D eigenvalue weighted by atomic mass is 9.87. The van der Waals surface area contributed by atoms with Gasteiger partial charge >= 0.3 is 0 Å². The summed E-state index contributed by atoms with van der Waals surface area (Å²) in [6, 6.07) is 18.4. The Kier molecular flexibility index (Phi) is 7.10. The van der Waals surface area contributed by atoms with Gasteiger partial charge in [-0.1, -0.05) is 18.2 Å². The number of nitrogens with zero attached hydrogens (tertiary/aromatic N) is 2. The number of aromatic hydroxyl groups is 1. The summed E-state index contributed by atoms with van der Waals surface area (Å²) in [4.78, 5) is 4.69. The van der Waals surface area contributed by atoms with E-state index < -0.39 is 0 Å². The minimum Gasteiger partial charge on any atom is -0.502 e. The zero-order valence-corrected chi connectivity index (χ0v) is 26.6. The second-order valence-electron chi connectivity index (χ2n) is 12.6. The summed E-state index contributed by atoms with van der Waals surface area (Å²) < 4.78 is 36.8. The third-order valence-electron chi connectivity index (χ3n) is 9.98. The predicted octanol–water partition coefficient (Wildman–Crippen LogP) is 6.58. The van der Waals surface area contributed by atoms with Gasteiger partial charge < -0.3 is 33.5 Å². The minimum atomic E-state index is -0.132. The number of hydrogen-bond acceptors (Lipinski definition) is 9. The maximum absolute atomic E-state index is 11.7. The maximum atomic E-state index is 11.7. The van der Waals surface area contributed by atoms with Crippen LogP contribution in [-0.2, 0) is 25.7 Å². The van der Waals surface area contributed by atoms with Crippen molar-refractivity contribution >= 4 is 0 Å². The Balaban J connectivity index is 1.35. The van der Waals surface area contributed by atoms with Gasteiger partial charge in [-0.25, -0.2) is 0 Å². The highest BCUT2D eigenvalue weighted by Gasteiger charge is 2.35. The van der Waals surface area contributed by atoms with Crippen LogP contribution in [0.1, 0.15) is 45.5 Å². The average molecular weight is 623 g/mol. The number of phenols is 1. The Morgan fingerprint density at radius 2 is 1.41 bits per heavy atom. The molecule has 46 heavy (non-hydrogen) atoms. The van der Waals surface area contributed by atoms with E-state index in [1.54, 1.807) is 14.2 Å². The molecule has 0 saturated heterocycles. The lowest BCUT2D eigenvalue weighted by Crippen LogP contribution is -2.34. The zero-order chi connectivity index (χ0) is 31.5. The molecule has 6 aliphatic heterocycles. The molecule has 9 nitrogen and oxygen atoms in total. The van der Waals surface area contributed by atoms with E-state index in [1.165, 1.54) is 16.7 Å². The van der Waals surface area contributed by atoms with E-state index in [9.17, 15) is 5.11 Å². The van der Waals surface area contributed by atoms with Crippen molar-refractivity contribution in [2.75, 3.05) is 48.2 Å². The van der Waals surface area contributed by atoms with E-state index in [0.29, 0.717) is 46.7 Å². The van der Waals surface area contributed by atoms with Crippen molar-refractivity contribution in [3.63, 3.8) is 0 Å². The predicted molar refractivity (Wildman–Crippen MR) is 172 cm³/mol. The molecular formula is C37H38N2O7. The Hall–Kier alpha value is -4.60. The fourth-order valence-electron chi connectivity index (χ4n) is 7.42. The first-order valence-corrected chi connectivity index (χ1v) is 15.8. The van der Waals surface area contributed by atoms with Gasteiger partial charge in [0.25, 0.3) is 0 Å². The average Bonchev–Trinajstić information content (AvgIpc) is 3.57. The van der Waals surface area contributed by atoms with Crippen LogP contribution in [0.2, 0.25) is 0 Å². The summed E-state index contributed by atoms with van der Waals surface area (Å²) in [5.41, 5.74) is 6.60. The van der Waals surface area contributed by atoms with E-state index in [0.717, 1.165) is 54.8 Å². The van der Waals surface area contributed by atoms with Crippen LogP contribution in [-0.4, -0.2) is 63.1 Å². The van der Waals surface area contributed by atoms with Crippen molar-refractivity contribution in [2.24, 2.45) is 0 Å². The summed E-state index contributed by atoms with van der Waals surface area (Å²) in [5, 5.41) is 11.7. The minimum absolute atomic E-state index is 0.0331. The van der Waals surface area contributed by atoms with Gasteiger partial charge in [0, 0.05) is 36.3 Å². The molecule has 6 bridgehead atoms. The highest BCUT2D eigenvalue weighted by atomic mass is 16.7. The lowest BCUT2D eigenvalue weighted by molar-refractivity contribution is 0.170. The van der Waals surface area contributed by atoms with E-state index in [-0.39, 0.29) is 24.6 Å². The number of methoxy groups -OCH3 is 2. The Labute approximate surface area is 268 Å². The largest absolute Gasteiger partial charge is 0.502 e. The van der Waals surface area contributed by atoms with Crippen molar-refractivity contribution in [1.82, 2.24) is 9.80 Å². The second-order valence-corrected chi connectivity index (χ2v) is 12.6. The fourth-order valence-corrected chi connectivity index (χ4v) is 7.42. The molecule has 2 atom stereocenters. The number of ether oxygens (including phenoxy) is 6. The molecule has 0 saturated carbocycles. The Morgan fingerprint density at radius 1 is 0.696 bits per heavy atom. The van der Waals surface area contributed by atoms with Crippen LogP contribution in [0, 0.1) is 0 Å². The third-order valence-corrected chi connectivity index (χ3v) is 9.98. The summed E-state index contributed by atoms with van der Waals surface area (Å²) in [6.45, 7) is 1.89. The molecule has 10 rings (SSSR count). The zero-order valence-electron chi connectivity index (χ0n) is 26.6. The van der Waals surface area contributed by atoms with Crippen LogP contribution in [0.15, 0.2) is 54.6 Å². The summed E-state index contributed by atoms with van der Waals surface area (Å²) in [6.07, 6.45) is 3.10. The number of rotatable bonds is 2. The molecule has 0 amide bonds. The van der Waals surface area contributed by atoms with Crippen LogP contribution in [0.5, 0.6) is 51.7 Å². The second kappa shape index (κ2) is 11.3. The smallest absolute Gasteiger partial charge is 0.231 e. The number of phenolic OH excluding ortho intramolecular Hbond substituents is 1. The van der Waals surface area contributed by atoms with Crippen LogP contribution < -0.4 is 28.4 Å². The molecule has 238 valence electrons. The first-order chi connectivity index (χ1) is 22.4. The number of fused-ring (bicyclic) bond motifs is 1. The van der Waals surface area contributed by atoms with Crippen LogP contribution in [0.3, 0.4) is 0 Å². The van der Waals surface area contributed by atoms with Gasteiger partial charge in [0.1, 0.15) is 5.75 Å². The molecule has 0 aliphatic carbocycles. The van der Waals surface area contributed by atoms with Gasteiger partial charge in [0.05, 0.1) is 14.2 Å². The Morgan fingerprint density at radius 3 is 2.20 bits per heavy atom. The molecule has 0 aromatic heterocycles. The molecule has 9 heteroatoms. The molecular weight excluding hydrogens is 584 g/mol. The molecule has 6 aliphatic rings. The first kappa shape index (κ1) is 28.8. The SMILES string of the molecule is COc1cc2c3cc1Oc1c(O)c(OC)cc4c1[C@@H](Cc1ccc(c5c1OCO5)Oc1ccc(cc1)C[C@H]3N(C)CC2)N(C)CC4. The maximum Gasteiger partial charge on any atom is 0.231 e.